The molecule has 0 aliphatic heterocycles. The minimum atomic E-state index is 0.435. The van der Waals surface area contributed by atoms with Gasteiger partial charge in [-0.05, 0) is 30.2 Å². The topological polar surface area (TPSA) is 22.1 Å². The molecule has 0 bridgehead atoms. The first-order chi connectivity index (χ1) is 8.28. The summed E-state index contributed by atoms with van der Waals surface area (Å²) in [6.07, 6.45) is 2.24. The van der Waals surface area contributed by atoms with Crippen molar-refractivity contribution in [3.8, 4) is 11.6 Å². The van der Waals surface area contributed by atoms with Crippen LogP contribution in [0.5, 0.6) is 11.6 Å². The quantitative estimate of drug-likeness (QED) is 0.743. The van der Waals surface area contributed by atoms with E-state index in [0.29, 0.717) is 11.0 Å². The summed E-state index contributed by atoms with van der Waals surface area (Å²) in [5.74, 6) is 1.29. The molecule has 0 unspecified atom stereocenters. The molecule has 0 aliphatic rings. The molecule has 0 amide bonds. The summed E-state index contributed by atoms with van der Waals surface area (Å²) in [6.45, 7) is 2.17. The van der Waals surface area contributed by atoms with Crippen LogP contribution < -0.4 is 4.74 Å². The molecule has 0 aliphatic carbocycles. The molecular weight excluding hydrogens is 234 g/mol. The van der Waals surface area contributed by atoms with Crippen LogP contribution in [0, 0.1) is 0 Å². The Morgan fingerprint density at radius 3 is 2.53 bits per heavy atom. The van der Waals surface area contributed by atoms with Crippen LogP contribution in [0.4, 0.5) is 0 Å². The highest BCUT2D eigenvalue weighted by atomic mass is 35.5. The van der Waals surface area contributed by atoms with Crippen LogP contribution in [-0.4, -0.2) is 4.98 Å². The molecule has 0 radical (unpaired) electrons. The Balaban J connectivity index is 2.08. The van der Waals surface area contributed by atoms with Gasteiger partial charge >= 0.3 is 0 Å². The van der Waals surface area contributed by atoms with Gasteiger partial charge in [-0.1, -0.05) is 43.1 Å². The maximum absolute atomic E-state index is 5.79. The van der Waals surface area contributed by atoms with Crippen molar-refractivity contribution in [3.63, 3.8) is 0 Å². The maximum Gasteiger partial charge on any atom is 0.220 e. The van der Waals surface area contributed by atoms with E-state index in [1.807, 2.05) is 18.2 Å². The van der Waals surface area contributed by atoms with Gasteiger partial charge in [-0.3, -0.25) is 0 Å². The Bertz CT molecular complexity index is 482. The van der Waals surface area contributed by atoms with Crippen molar-refractivity contribution in [2.75, 3.05) is 0 Å². The van der Waals surface area contributed by atoms with Crippen LogP contribution in [-0.2, 0) is 6.42 Å². The molecule has 88 valence electrons. The molecular formula is C14H14ClNO. The lowest BCUT2D eigenvalue weighted by atomic mass is 10.1. The van der Waals surface area contributed by atoms with Crippen LogP contribution >= 0.6 is 11.6 Å². The average molecular weight is 248 g/mol. The first kappa shape index (κ1) is 11.9. The predicted molar refractivity (Wildman–Crippen MR) is 69.8 cm³/mol. The standard InChI is InChI=1S/C14H14ClNO/c1-2-4-11-7-9-12(10-8-11)17-14-6-3-5-13(15)16-14/h3,5-10H,2,4H2,1H3. The van der Waals surface area contributed by atoms with E-state index < -0.39 is 0 Å². The van der Waals surface area contributed by atoms with E-state index in [1.54, 1.807) is 12.1 Å². The summed E-state index contributed by atoms with van der Waals surface area (Å²) in [7, 11) is 0. The van der Waals surface area contributed by atoms with Crippen molar-refractivity contribution < 1.29 is 4.74 Å². The summed E-state index contributed by atoms with van der Waals surface area (Å²) in [4.78, 5) is 4.07. The fourth-order valence-electron chi connectivity index (χ4n) is 1.58. The van der Waals surface area contributed by atoms with Crippen molar-refractivity contribution in [2.45, 2.75) is 19.8 Å². The highest BCUT2D eigenvalue weighted by Crippen LogP contribution is 2.21. The van der Waals surface area contributed by atoms with Crippen LogP contribution in [0.1, 0.15) is 18.9 Å². The molecule has 1 aromatic carbocycles. The third-order valence-electron chi connectivity index (χ3n) is 2.37. The lowest BCUT2D eigenvalue weighted by Crippen LogP contribution is -1.88. The second-order valence-corrected chi connectivity index (χ2v) is 4.18. The lowest BCUT2D eigenvalue weighted by molar-refractivity contribution is 0.463. The first-order valence-corrected chi connectivity index (χ1v) is 6.05. The monoisotopic (exact) mass is 247 g/mol. The minimum Gasteiger partial charge on any atom is -0.439 e. The zero-order chi connectivity index (χ0) is 12.1. The summed E-state index contributed by atoms with van der Waals surface area (Å²) < 4.78 is 5.60. The van der Waals surface area contributed by atoms with E-state index >= 15 is 0 Å². The number of hydrogen-bond donors (Lipinski definition) is 0. The largest absolute Gasteiger partial charge is 0.439 e. The molecule has 0 spiro atoms. The van der Waals surface area contributed by atoms with Crippen LogP contribution in [0.2, 0.25) is 5.15 Å². The van der Waals surface area contributed by atoms with Gasteiger partial charge in [-0.25, -0.2) is 4.98 Å². The fraction of sp³-hybridized carbons (Fsp3) is 0.214. The molecule has 0 saturated heterocycles. The molecule has 0 fully saturated rings. The van der Waals surface area contributed by atoms with E-state index in [1.165, 1.54) is 5.56 Å². The van der Waals surface area contributed by atoms with Gasteiger partial charge in [0, 0.05) is 6.07 Å². The number of rotatable bonds is 4. The number of pyridine rings is 1. The Labute approximate surface area is 106 Å². The van der Waals surface area contributed by atoms with Crippen molar-refractivity contribution in [2.24, 2.45) is 0 Å². The van der Waals surface area contributed by atoms with E-state index in [0.717, 1.165) is 18.6 Å². The number of nitrogens with zero attached hydrogens (tertiary/aromatic N) is 1. The van der Waals surface area contributed by atoms with Gasteiger partial charge in [0.05, 0.1) is 0 Å². The van der Waals surface area contributed by atoms with Gasteiger partial charge in [0.25, 0.3) is 0 Å². The second-order valence-electron chi connectivity index (χ2n) is 3.79. The van der Waals surface area contributed by atoms with Crippen molar-refractivity contribution >= 4 is 11.6 Å². The highest BCUT2D eigenvalue weighted by Gasteiger charge is 1.99. The highest BCUT2D eigenvalue weighted by molar-refractivity contribution is 6.29. The molecule has 3 heteroatoms. The number of aromatic nitrogens is 1. The second kappa shape index (κ2) is 5.69. The molecule has 0 N–H and O–H groups in total. The SMILES string of the molecule is CCCc1ccc(Oc2cccc(Cl)n2)cc1. The van der Waals surface area contributed by atoms with Gasteiger partial charge in [0.2, 0.25) is 5.88 Å². The number of benzene rings is 1. The van der Waals surface area contributed by atoms with Crippen LogP contribution in [0.15, 0.2) is 42.5 Å². The van der Waals surface area contributed by atoms with Gasteiger partial charge < -0.3 is 4.74 Å². The Kier molecular flexibility index (Phi) is 3.99. The molecule has 1 heterocycles. The first-order valence-electron chi connectivity index (χ1n) is 5.67. The maximum atomic E-state index is 5.79. The number of ether oxygens (including phenoxy) is 1. The predicted octanol–water partition coefficient (Wildman–Crippen LogP) is 4.48. The average Bonchev–Trinajstić information content (AvgIpc) is 2.32. The van der Waals surface area contributed by atoms with Gasteiger partial charge in [-0.2, -0.15) is 0 Å². The molecule has 2 aromatic rings. The smallest absolute Gasteiger partial charge is 0.220 e. The number of hydrogen-bond acceptors (Lipinski definition) is 2. The van der Waals surface area contributed by atoms with Crippen molar-refractivity contribution in [3.05, 3.63) is 53.2 Å². The van der Waals surface area contributed by atoms with Crippen LogP contribution in [0.25, 0.3) is 0 Å². The summed E-state index contributed by atoms with van der Waals surface area (Å²) in [5, 5.41) is 0.435. The molecule has 2 nitrogen and oxygen atoms in total. The normalized spacial score (nSPS) is 10.2. The van der Waals surface area contributed by atoms with E-state index in [-0.39, 0.29) is 0 Å². The zero-order valence-corrected chi connectivity index (χ0v) is 10.4. The number of halogens is 1. The molecule has 0 saturated carbocycles. The third-order valence-corrected chi connectivity index (χ3v) is 2.58. The van der Waals surface area contributed by atoms with E-state index in [4.69, 9.17) is 16.3 Å². The molecule has 2 rings (SSSR count). The van der Waals surface area contributed by atoms with Crippen molar-refractivity contribution in [1.82, 2.24) is 4.98 Å². The van der Waals surface area contributed by atoms with Gasteiger partial charge in [0.1, 0.15) is 10.9 Å². The number of aryl methyl sites for hydroxylation is 1. The summed E-state index contributed by atoms with van der Waals surface area (Å²) >= 11 is 5.79. The minimum absolute atomic E-state index is 0.435. The van der Waals surface area contributed by atoms with Gasteiger partial charge in [0.15, 0.2) is 0 Å². The Morgan fingerprint density at radius 1 is 1.12 bits per heavy atom. The zero-order valence-electron chi connectivity index (χ0n) is 9.69. The van der Waals surface area contributed by atoms with E-state index in [9.17, 15) is 0 Å². The van der Waals surface area contributed by atoms with Gasteiger partial charge in [-0.15, -0.1) is 0 Å². The van der Waals surface area contributed by atoms with E-state index in [2.05, 4.69) is 24.0 Å². The molecule has 1 aromatic heterocycles. The van der Waals surface area contributed by atoms with Crippen LogP contribution in [0.3, 0.4) is 0 Å². The Hall–Kier alpha value is -1.54. The molecule has 0 atom stereocenters. The third kappa shape index (κ3) is 3.46. The fourth-order valence-corrected chi connectivity index (χ4v) is 1.74. The summed E-state index contributed by atoms with van der Waals surface area (Å²) in [6, 6.07) is 13.4. The van der Waals surface area contributed by atoms with Crippen molar-refractivity contribution in [1.29, 1.82) is 0 Å². The summed E-state index contributed by atoms with van der Waals surface area (Å²) in [5.41, 5.74) is 1.32. The lowest BCUT2D eigenvalue weighted by Gasteiger charge is -2.05. The molecule has 17 heavy (non-hydrogen) atoms. The Morgan fingerprint density at radius 2 is 1.88 bits per heavy atom.